The van der Waals surface area contributed by atoms with E-state index in [0.29, 0.717) is 5.11 Å². The fraction of sp³-hybridized carbons (Fsp3) is 0.350. The van der Waals surface area contributed by atoms with Crippen LogP contribution in [0.5, 0.6) is 0 Å². The summed E-state index contributed by atoms with van der Waals surface area (Å²) in [5.74, 6) is -0.265. The number of thiocarbonyl (C=S) groups is 1. The summed E-state index contributed by atoms with van der Waals surface area (Å²) >= 11 is 5.46. The molecule has 1 heterocycles. The van der Waals surface area contributed by atoms with Crippen LogP contribution in [0.2, 0.25) is 0 Å². The highest BCUT2D eigenvalue weighted by atomic mass is 32.1. The standard InChI is InChI=1S/C20H24FN3OS/c1-15(22-20(26)23-18-9-7-17(21)8-10-18)19(16-5-3-2-4-6-16)24-11-13-25-14-12-24/h2-10,15,19H,11-14H2,1H3,(H2,22,23,26)/t15-,19+/m0/s1. The quantitative estimate of drug-likeness (QED) is 0.784. The second-order valence-corrected chi connectivity index (χ2v) is 6.81. The molecule has 0 aliphatic carbocycles. The first-order valence-corrected chi connectivity index (χ1v) is 9.24. The zero-order chi connectivity index (χ0) is 18.4. The van der Waals surface area contributed by atoms with Crippen molar-refractivity contribution in [2.75, 3.05) is 31.6 Å². The summed E-state index contributed by atoms with van der Waals surface area (Å²) in [5.41, 5.74) is 2.01. The van der Waals surface area contributed by atoms with Crippen molar-refractivity contribution in [3.05, 3.63) is 66.0 Å². The van der Waals surface area contributed by atoms with E-state index in [4.69, 9.17) is 17.0 Å². The minimum atomic E-state index is -0.265. The topological polar surface area (TPSA) is 36.5 Å². The summed E-state index contributed by atoms with van der Waals surface area (Å²) in [6.45, 7) is 5.40. The number of morpholine rings is 1. The Morgan fingerprint density at radius 3 is 2.38 bits per heavy atom. The summed E-state index contributed by atoms with van der Waals surface area (Å²) in [6.07, 6.45) is 0. The molecule has 0 spiro atoms. The summed E-state index contributed by atoms with van der Waals surface area (Å²) in [4.78, 5) is 2.43. The Bertz CT molecular complexity index is 705. The van der Waals surface area contributed by atoms with Gasteiger partial charge in [-0.2, -0.15) is 0 Å². The van der Waals surface area contributed by atoms with Crippen LogP contribution in [0.4, 0.5) is 10.1 Å². The van der Waals surface area contributed by atoms with Crippen LogP contribution in [0.1, 0.15) is 18.5 Å². The zero-order valence-corrected chi connectivity index (χ0v) is 15.6. The van der Waals surface area contributed by atoms with E-state index in [2.05, 4.69) is 46.7 Å². The molecule has 4 nitrogen and oxygen atoms in total. The van der Waals surface area contributed by atoms with Crippen LogP contribution in [0.3, 0.4) is 0 Å². The summed E-state index contributed by atoms with van der Waals surface area (Å²) < 4.78 is 18.5. The summed E-state index contributed by atoms with van der Waals surface area (Å²) in [5, 5.41) is 7.03. The fourth-order valence-corrected chi connectivity index (χ4v) is 3.61. The van der Waals surface area contributed by atoms with Crippen molar-refractivity contribution in [1.82, 2.24) is 10.2 Å². The molecule has 1 aliphatic rings. The predicted molar refractivity (Wildman–Crippen MR) is 107 cm³/mol. The van der Waals surface area contributed by atoms with E-state index in [1.807, 2.05) is 6.07 Å². The average molecular weight is 373 g/mol. The van der Waals surface area contributed by atoms with E-state index in [1.165, 1.54) is 17.7 Å². The normalized spacial score (nSPS) is 17.3. The van der Waals surface area contributed by atoms with Gasteiger partial charge in [0.1, 0.15) is 5.82 Å². The maximum absolute atomic E-state index is 13.0. The molecule has 2 aromatic carbocycles. The molecule has 26 heavy (non-hydrogen) atoms. The largest absolute Gasteiger partial charge is 0.379 e. The smallest absolute Gasteiger partial charge is 0.171 e. The third-order valence-electron chi connectivity index (χ3n) is 4.51. The number of halogens is 1. The van der Waals surface area contributed by atoms with Crippen LogP contribution in [0.25, 0.3) is 0 Å². The van der Waals surface area contributed by atoms with Gasteiger partial charge in [0.25, 0.3) is 0 Å². The summed E-state index contributed by atoms with van der Waals surface area (Å²) in [6, 6.07) is 16.9. The Labute approximate surface area is 159 Å². The Kier molecular flexibility index (Phi) is 6.55. The number of rotatable bonds is 5. The highest BCUT2D eigenvalue weighted by Crippen LogP contribution is 2.25. The molecule has 0 bridgehead atoms. The van der Waals surface area contributed by atoms with Crippen LogP contribution in [-0.2, 0) is 4.74 Å². The zero-order valence-electron chi connectivity index (χ0n) is 14.8. The van der Waals surface area contributed by atoms with Gasteiger partial charge in [-0.15, -0.1) is 0 Å². The molecule has 1 fully saturated rings. The Hall–Kier alpha value is -2.02. The van der Waals surface area contributed by atoms with E-state index in [-0.39, 0.29) is 17.9 Å². The van der Waals surface area contributed by atoms with E-state index >= 15 is 0 Å². The molecule has 2 aromatic rings. The number of anilines is 1. The predicted octanol–water partition coefficient (Wildman–Crippen LogP) is 3.57. The monoisotopic (exact) mass is 373 g/mol. The van der Waals surface area contributed by atoms with E-state index in [9.17, 15) is 4.39 Å². The lowest BCUT2D eigenvalue weighted by Gasteiger charge is -2.38. The SMILES string of the molecule is C[C@H](NC(=S)Nc1ccc(F)cc1)[C@H](c1ccccc1)N1CCOCC1. The molecular formula is C20H24FN3OS. The number of benzene rings is 2. The van der Waals surface area contributed by atoms with Gasteiger partial charge < -0.3 is 15.4 Å². The van der Waals surface area contributed by atoms with Gasteiger partial charge in [0.15, 0.2) is 5.11 Å². The molecule has 0 amide bonds. The third kappa shape index (κ3) is 5.00. The van der Waals surface area contributed by atoms with Crippen LogP contribution in [0.15, 0.2) is 54.6 Å². The molecule has 1 aliphatic heterocycles. The third-order valence-corrected chi connectivity index (χ3v) is 4.73. The van der Waals surface area contributed by atoms with Gasteiger partial charge >= 0.3 is 0 Å². The number of hydrogen-bond donors (Lipinski definition) is 2. The van der Waals surface area contributed by atoms with Gasteiger partial charge in [0.2, 0.25) is 0 Å². The van der Waals surface area contributed by atoms with Gasteiger partial charge in [-0.05, 0) is 49.0 Å². The maximum atomic E-state index is 13.0. The molecule has 2 atom stereocenters. The molecule has 0 radical (unpaired) electrons. The Balaban J connectivity index is 1.69. The lowest BCUT2D eigenvalue weighted by molar-refractivity contribution is 0.0102. The van der Waals surface area contributed by atoms with Gasteiger partial charge in [0.05, 0.1) is 19.3 Å². The highest BCUT2D eigenvalue weighted by molar-refractivity contribution is 7.80. The first-order valence-electron chi connectivity index (χ1n) is 8.83. The highest BCUT2D eigenvalue weighted by Gasteiger charge is 2.28. The first-order chi connectivity index (χ1) is 12.6. The lowest BCUT2D eigenvalue weighted by atomic mass is 9.98. The van der Waals surface area contributed by atoms with Gasteiger partial charge in [0, 0.05) is 24.8 Å². The van der Waals surface area contributed by atoms with Crippen LogP contribution in [-0.4, -0.2) is 42.4 Å². The van der Waals surface area contributed by atoms with Crippen molar-refractivity contribution in [1.29, 1.82) is 0 Å². The minimum absolute atomic E-state index is 0.0935. The van der Waals surface area contributed by atoms with E-state index in [1.54, 1.807) is 12.1 Å². The van der Waals surface area contributed by atoms with Crippen molar-refractivity contribution in [3.63, 3.8) is 0 Å². The number of nitrogens with zero attached hydrogens (tertiary/aromatic N) is 1. The molecule has 0 unspecified atom stereocenters. The number of ether oxygens (including phenoxy) is 1. The average Bonchev–Trinajstić information content (AvgIpc) is 2.65. The second-order valence-electron chi connectivity index (χ2n) is 6.40. The number of nitrogens with one attached hydrogen (secondary N) is 2. The first kappa shape index (κ1) is 18.8. The van der Waals surface area contributed by atoms with Crippen molar-refractivity contribution in [2.45, 2.75) is 19.0 Å². The molecule has 2 N–H and O–H groups in total. The molecule has 3 rings (SSSR count). The van der Waals surface area contributed by atoms with Crippen molar-refractivity contribution in [3.8, 4) is 0 Å². The number of hydrogen-bond acceptors (Lipinski definition) is 3. The van der Waals surface area contributed by atoms with E-state index in [0.717, 1.165) is 32.0 Å². The second kappa shape index (κ2) is 9.07. The van der Waals surface area contributed by atoms with Crippen LogP contribution < -0.4 is 10.6 Å². The fourth-order valence-electron chi connectivity index (χ4n) is 3.31. The molecule has 138 valence electrons. The van der Waals surface area contributed by atoms with Crippen LogP contribution in [0, 0.1) is 5.82 Å². The van der Waals surface area contributed by atoms with E-state index < -0.39 is 0 Å². The molecule has 0 saturated carbocycles. The maximum Gasteiger partial charge on any atom is 0.171 e. The molecule has 0 aromatic heterocycles. The van der Waals surface area contributed by atoms with Crippen LogP contribution >= 0.6 is 12.2 Å². The van der Waals surface area contributed by atoms with Crippen molar-refractivity contribution >= 4 is 23.0 Å². The lowest BCUT2D eigenvalue weighted by Crippen LogP contribution is -2.49. The molecular weight excluding hydrogens is 349 g/mol. The minimum Gasteiger partial charge on any atom is -0.379 e. The summed E-state index contributed by atoms with van der Waals surface area (Å²) in [7, 11) is 0. The Morgan fingerprint density at radius 1 is 1.08 bits per heavy atom. The van der Waals surface area contributed by atoms with Gasteiger partial charge in [-0.1, -0.05) is 30.3 Å². The Morgan fingerprint density at radius 2 is 1.73 bits per heavy atom. The van der Waals surface area contributed by atoms with Gasteiger partial charge in [-0.3, -0.25) is 4.90 Å². The molecule has 1 saturated heterocycles. The van der Waals surface area contributed by atoms with Crippen molar-refractivity contribution in [2.24, 2.45) is 0 Å². The van der Waals surface area contributed by atoms with Gasteiger partial charge in [-0.25, -0.2) is 4.39 Å². The molecule has 6 heteroatoms. The van der Waals surface area contributed by atoms with Crippen molar-refractivity contribution < 1.29 is 9.13 Å².